The van der Waals surface area contributed by atoms with Crippen LogP contribution in [0, 0.1) is 5.41 Å². The Labute approximate surface area is 151 Å². The van der Waals surface area contributed by atoms with Crippen LogP contribution in [-0.2, 0) is 14.3 Å². The molecular formula is C20H21NO5. The van der Waals surface area contributed by atoms with Gasteiger partial charge in [0.25, 0.3) is 0 Å². The van der Waals surface area contributed by atoms with Gasteiger partial charge >= 0.3 is 11.9 Å². The number of carbonyl (C=O) groups is 2. The smallest absolute Gasteiger partial charge is 0.327 e. The van der Waals surface area contributed by atoms with Crippen LogP contribution in [0.25, 0.3) is 11.1 Å². The largest absolute Gasteiger partial charge is 0.480 e. The minimum atomic E-state index is -2.01. The molecule has 26 heavy (non-hydrogen) atoms. The van der Waals surface area contributed by atoms with Crippen molar-refractivity contribution in [1.82, 2.24) is 5.32 Å². The predicted molar refractivity (Wildman–Crippen MR) is 95.8 cm³/mol. The lowest BCUT2D eigenvalue weighted by molar-refractivity contribution is -0.171. The molecule has 0 saturated carbocycles. The molecule has 0 fully saturated rings. The molecule has 0 radical (unpaired) electrons. The van der Waals surface area contributed by atoms with Crippen molar-refractivity contribution in [2.24, 2.45) is 5.41 Å². The van der Waals surface area contributed by atoms with Crippen LogP contribution < -0.4 is 5.32 Å². The van der Waals surface area contributed by atoms with Gasteiger partial charge in [-0.1, -0.05) is 48.5 Å². The van der Waals surface area contributed by atoms with Crippen LogP contribution in [0.5, 0.6) is 0 Å². The Kier molecular flexibility index (Phi) is 5.06. The third kappa shape index (κ3) is 2.87. The zero-order valence-corrected chi connectivity index (χ0v) is 14.4. The van der Waals surface area contributed by atoms with Gasteiger partial charge in [0, 0.05) is 12.5 Å². The highest BCUT2D eigenvalue weighted by Crippen LogP contribution is 2.44. The number of carbonyl (C=O) groups excluding carboxylic acids is 1. The summed E-state index contributed by atoms with van der Waals surface area (Å²) in [7, 11) is 1.52. The van der Waals surface area contributed by atoms with Gasteiger partial charge in [0.2, 0.25) is 0 Å². The fourth-order valence-corrected chi connectivity index (χ4v) is 3.46. The summed E-state index contributed by atoms with van der Waals surface area (Å²) in [6, 6.07) is 15.8. The van der Waals surface area contributed by atoms with E-state index in [-0.39, 0.29) is 19.1 Å². The molecule has 0 spiro atoms. The quantitative estimate of drug-likeness (QED) is 0.516. The number of aliphatic carboxylic acids is 1. The maximum absolute atomic E-state index is 12.5. The molecule has 0 aliphatic heterocycles. The third-order valence-corrected chi connectivity index (χ3v) is 4.89. The molecule has 136 valence electrons. The van der Waals surface area contributed by atoms with Gasteiger partial charge in [-0.3, -0.25) is 9.59 Å². The van der Waals surface area contributed by atoms with Gasteiger partial charge in [-0.25, -0.2) is 0 Å². The van der Waals surface area contributed by atoms with Gasteiger partial charge in [-0.2, -0.15) is 0 Å². The number of nitrogens with one attached hydrogen (secondary N) is 1. The van der Waals surface area contributed by atoms with E-state index in [1.54, 1.807) is 0 Å². The van der Waals surface area contributed by atoms with E-state index in [4.69, 9.17) is 4.74 Å². The fourth-order valence-electron chi connectivity index (χ4n) is 3.46. The van der Waals surface area contributed by atoms with E-state index in [2.05, 4.69) is 5.32 Å². The fraction of sp³-hybridized carbons (Fsp3) is 0.300. The minimum absolute atomic E-state index is 0.0194. The molecule has 0 amide bonds. The Hall–Kier alpha value is -2.70. The maximum Gasteiger partial charge on any atom is 0.327 e. The zero-order chi connectivity index (χ0) is 18.7. The standard InChI is InChI=1S/C20H21NO5/c1-21-11-20(12-22,18(23)24)19(25)26-10-17-15-8-4-2-6-13(15)14-7-3-5-9-16(14)17/h2-9,17,21-22H,10-12H2,1H3,(H,23,24)/t20-/m1/s1. The van der Waals surface area contributed by atoms with E-state index in [1.807, 2.05) is 48.5 Å². The van der Waals surface area contributed by atoms with E-state index < -0.39 is 24.0 Å². The number of aliphatic hydroxyl groups is 1. The first-order valence-electron chi connectivity index (χ1n) is 8.39. The summed E-state index contributed by atoms with van der Waals surface area (Å²) in [6.07, 6.45) is 0. The number of hydrogen-bond donors (Lipinski definition) is 3. The summed E-state index contributed by atoms with van der Waals surface area (Å²) in [5.74, 6) is -2.51. The lowest BCUT2D eigenvalue weighted by Gasteiger charge is -2.25. The molecular weight excluding hydrogens is 334 g/mol. The average Bonchev–Trinajstić information content (AvgIpc) is 2.98. The Bertz CT molecular complexity index is 789. The Morgan fingerprint density at radius 3 is 2.08 bits per heavy atom. The molecule has 2 aromatic rings. The van der Waals surface area contributed by atoms with Crippen molar-refractivity contribution in [1.29, 1.82) is 0 Å². The number of aliphatic hydroxyl groups excluding tert-OH is 1. The molecule has 0 bridgehead atoms. The summed E-state index contributed by atoms with van der Waals surface area (Å²) in [4.78, 5) is 24.1. The second-order valence-electron chi connectivity index (χ2n) is 6.40. The number of ether oxygens (including phenoxy) is 1. The van der Waals surface area contributed by atoms with E-state index in [9.17, 15) is 19.8 Å². The first-order valence-corrected chi connectivity index (χ1v) is 8.39. The highest BCUT2D eigenvalue weighted by atomic mass is 16.5. The molecule has 1 aliphatic carbocycles. The Morgan fingerprint density at radius 1 is 1.08 bits per heavy atom. The lowest BCUT2D eigenvalue weighted by atomic mass is 9.89. The number of fused-ring (bicyclic) bond motifs is 3. The lowest BCUT2D eigenvalue weighted by Crippen LogP contribution is -2.50. The van der Waals surface area contributed by atoms with Crippen molar-refractivity contribution < 1.29 is 24.5 Å². The summed E-state index contributed by atoms with van der Waals surface area (Å²) in [6.45, 7) is -1.03. The van der Waals surface area contributed by atoms with Crippen molar-refractivity contribution in [3.8, 4) is 11.1 Å². The SMILES string of the molecule is CNC[C@@](CO)(C(=O)O)C(=O)OCC1c2ccccc2-c2ccccc21. The highest BCUT2D eigenvalue weighted by Gasteiger charge is 2.47. The first kappa shape index (κ1) is 18.1. The molecule has 3 N–H and O–H groups in total. The normalized spacial score (nSPS) is 15.0. The predicted octanol–water partition coefficient (Wildman–Crippen LogP) is 1.62. The monoisotopic (exact) mass is 355 g/mol. The third-order valence-electron chi connectivity index (χ3n) is 4.89. The Balaban J connectivity index is 1.86. The zero-order valence-electron chi connectivity index (χ0n) is 14.4. The van der Waals surface area contributed by atoms with Crippen molar-refractivity contribution in [2.45, 2.75) is 5.92 Å². The average molecular weight is 355 g/mol. The summed E-state index contributed by atoms with van der Waals surface area (Å²) >= 11 is 0. The van der Waals surface area contributed by atoms with Gasteiger partial charge in [-0.15, -0.1) is 0 Å². The molecule has 6 nitrogen and oxygen atoms in total. The van der Waals surface area contributed by atoms with E-state index in [0.717, 1.165) is 22.3 Å². The number of esters is 1. The van der Waals surface area contributed by atoms with Crippen molar-refractivity contribution in [3.05, 3.63) is 59.7 Å². The second kappa shape index (κ2) is 7.27. The highest BCUT2D eigenvalue weighted by molar-refractivity contribution is 5.99. The number of carboxylic acid groups (broad SMARTS) is 1. The topological polar surface area (TPSA) is 95.9 Å². The van der Waals surface area contributed by atoms with Crippen LogP contribution >= 0.6 is 0 Å². The van der Waals surface area contributed by atoms with Crippen LogP contribution in [0.15, 0.2) is 48.5 Å². The molecule has 6 heteroatoms. The summed E-state index contributed by atoms with van der Waals surface area (Å²) < 4.78 is 5.39. The van der Waals surface area contributed by atoms with Crippen molar-refractivity contribution in [3.63, 3.8) is 0 Å². The maximum atomic E-state index is 12.5. The molecule has 3 rings (SSSR count). The number of rotatable bonds is 7. The number of hydrogen-bond acceptors (Lipinski definition) is 5. The van der Waals surface area contributed by atoms with Crippen molar-refractivity contribution in [2.75, 3.05) is 26.8 Å². The van der Waals surface area contributed by atoms with Gasteiger partial charge in [0.05, 0.1) is 6.61 Å². The van der Waals surface area contributed by atoms with Crippen LogP contribution in [0.3, 0.4) is 0 Å². The molecule has 0 saturated heterocycles. The van der Waals surface area contributed by atoms with E-state index in [0.29, 0.717) is 0 Å². The van der Waals surface area contributed by atoms with E-state index in [1.165, 1.54) is 7.05 Å². The minimum Gasteiger partial charge on any atom is -0.480 e. The summed E-state index contributed by atoms with van der Waals surface area (Å²) in [5.41, 5.74) is 2.25. The van der Waals surface area contributed by atoms with Crippen LogP contribution in [-0.4, -0.2) is 49.0 Å². The van der Waals surface area contributed by atoms with Gasteiger partial charge in [0.15, 0.2) is 5.41 Å². The van der Waals surface area contributed by atoms with E-state index >= 15 is 0 Å². The van der Waals surface area contributed by atoms with Gasteiger partial charge in [0.1, 0.15) is 6.61 Å². The van der Waals surface area contributed by atoms with Crippen LogP contribution in [0.2, 0.25) is 0 Å². The van der Waals surface area contributed by atoms with Gasteiger partial charge in [-0.05, 0) is 29.3 Å². The van der Waals surface area contributed by atoms with Crippen LogP contribution in [0.1, 0.15) is 17.0 Å². The van der Waals surface area contributed by atoms with Gasteiger partial charge < -0.3 is 20.3 Å². The number of carboxylic acids is 1. The molecule has 1 atom stereocenters. The second-order valence-corrected chi connectivity index (χ2v) is 6.40. The molecule has 1 aliphatic rings. The molecule has 2 aromatic carbocycles. The molecule has 0 aromatic heterocycles. The molecule has 0 unspecified atom stereocenters. The van der Waals surface area contributed by atoms with Crippen LogP contribution in [0.4, 0.5) is 0 Å². The molecule has 0 heterocycles. The first-order chi connectivity index (χ1) is 12.5. The Morgan fingerprint density at radius 2 is 1.62 bits per heavy atom. The summed E-state index contributed by atoms with van der Waals surface area (Å²) in [5, 5.41) is 21.6. The number of benzene rings is 2. The van der Waals surface area contributed by atoms with Crippen molar-refractivity contribution >= 4 is 11.9 Å².